The minimum Gasteiger partial charge on any atom is -0.496 e. The van der Waals surface area contributed by atoms with E-state index in [1.807, 2.05) is 29.2 Å². The number of carbonyl (C=O) groups is 1. The summed E-state index contributed by atoms with van der Waals surface area (Å²) in [5.41, 5.74) is 1.64. The number of ether oxygens (including phenoxy) is 1. The highest BCUT2D eigenvalue weighted by Crippen LogP contribution is 2.33. The van der Waals surface area contributed by atoms with Crippen molar-refractivity contribution in [3.8, 4) is 5.75 Å². The molecule has 0 radical (unpaired) electrons. The first-order chi connectivity index (χ1) is 13.7. The van der Waals surface area contributed by atoms with Gasteiger partial charge in [0, 0.05) is 24.2 Å². The van der Waals surface area contributed by atoms with Crippen molar-refractivity contribution in [1.82, 2.24) is 5.32 Å². The van der Waals surface area contributed by atoms with Gasteiger partial charge >= 0.3 is 0 Å². The molecular formula is C21H25N3O4S. The molecule has 7 nitrogen and oxygen atoms in total. The molecule has 0 aliphatic carbocycles. The Morgan fingerprint density at radius 2 is 1.93 bits per heavy atom. The lowest BCUT2D eigenvalue weighted by Gasteiger charge is -2.30. The van der Waals surface area contributed by atoms with Crippen molar-refractivity contribution < 1.29 is 17.9 Å². The molecule has 1 heterocycles. The second-order valence-corrected chi connectivity index (χ2v) is 8.87. The van der Waals surface area contributed by atoms with Crippen molar-refractivity contribution in [3.05, 3.63) is 53.6 Å². The van der Waals surface area contributed by atoms with Crippen LogP contribution in [0.1, 0.15) is 36.7 Å². The van der Waals surface area contributed by atoms with Crippen LogP contribution in [-0.4, -0.2) is 33.8 Å². The zero-order chi connectivity index (χ0) is 21.2. The Balaban J connectivity index is 1.87. The average Bonchev–Trinajstić information content (AvgIpc) is 2.68. The highest BCUT2D eigenvalue weighted by molar-refractivity contribution is 7.90. The number of amides is 1. The predicted octanol–water partition coefficient (Wildman–Crippen LogP) is 3.21. The Hall–Kier alpha value is -2.87. The largest absolute Gasteiger partial charge is 0.496 e. The number of hydrogen-bond acceptors (Lipinski definition) is 5. The lowest BCUT2D eigenvalue weighted by atomic mass is 10.1. The quantitative estimate of drug-likeness (QED) is 0.783. The maximum Gasteiger partial charge on any atom is 0.286 e. The summed E-state index contributed by atoms with van der Waals surface area (Å²) in [6, 6.07) is 12.1. The third kappa shape index (κ3) is 4.42. The van der Waals surface area contributed by atoms with Crippen molar-refractivity contribution in [3.63, 3.8) is 0 Å². The molecule has 0 fully saturated rings. The topological polar surface area (TPSA) is 88.1 Å². The summed E-state index contributed by atoms with van der Waals surface area (Å²) < 4.78 is 34.3. The second-order valence-electron chi connectivity index (χ2n) is 7.30. The number of nitrogens with one attached hydrogen (secondary N) is 1. The summed E-state index contributed by atoms with van der Waals surface area (Å²) in [7, 11) is -2.28. The van der Waals surface area contributed by atoms with Crippen LogP contribution in [0.2, 0.25) is 0 Å². The molecule has 0 bridgehead atoms. The fourth-order valence-corrected chi connectivity index (χ4v) is 4.52. The van der Waals surface area contributed by atoms with E-state index >= 15 is 0 Å². The molecule has 29 heavy (non-hydrogen) atoms. The van der Waals surface area contributed by atoms with Gasteiger partial charge in [0.1, 0.15) is 16.5 Å². The monoisotopic (exact) mass is 415 g/mol. The zero-order valence-electron chi connectivity index (χ0n) is 17.0. The fourth-order valence-electron chi connectivity index (χ4n) is 3.25. The van der Waals surface area contributed by atoms with Crippen LogP contribution < -0.4 is 15.0 Å². The SMILES string of the molecule is COc1ccccc1CNC(=O)c1ccc2c(c1)S(=O)(=O)N=C(C)N2CC(C)C. The van der Waals surface area contributed by atoms with E-state index in [1.165, 1.54) is 6.07 Å². The molecule has 1 aliphatic rings. The molecule has 0 spiro atoms. The lowest BCUT2D eigenvalue weighted by Crippen LogP contribution is -2.36. The van der Waals surface area contributed by atoms with E-state index in [-0.39, 0.29) is 22.9 Å². The Bertz CT molecular complexity index is 1060. The number of hydrogen-bond donors (Lipinski definition) is 1. The van der Waals surface area contributed by atoms with Crippen molar-refractivity contribution >= 4 is 27.5 Å². The summed E-state index contributed by atoms with van der Waals surface area (Å²) in [4.78, 5) is 14.6. The molecule has 1 amide bonds. The van der Waals surface area contributed by atoms with Crippen LogP contribution in [0.3, 0.4) is 0 Å². The Kier molecular flexibility index (Phi) is 5.93. The van der Waals surface area contributed by atoms with Crippen molar-refractivity contribution in [2.45, 2.75) is 32.2 Å². The number of anilines is 1. The number of fused-ring (bicyclic) bond motifs is 1. The van der Waals surface area contributed by atoms with Gasteiger partial charge in [-0.2, -0.15) is 8.42 Å². The highest BCUT2D eigenvalue weighted by atomic mass is 32.2. The maximum atomic E-state index is 12.6. The molecule has 0 aromatic heterocycles. The number of rotatable bonds is 6. The normalized spacial score (nSPS) is 14.9. The van der Waals surface area contributed by atoms with E-state index in [0.717, 1.165) is 5.56 Å². The van der Waals surface area contributed by atoms with Gasteiger partial charge in [0.15, 0.2) is 0 Å². The molecule has 1 aliphatic heterocycles. The van der Waals surface area contributed by atoms with Crippen LogP contribution in [0.15, 0.2) is 51.8 Å². The van der Waals surface area contributed by atoms with Gasteiger partial charge in [-0.1, -0.05) is 32.0 Å². The number of amidine groups is 1. The smallest absolute Gasteiger partial charge is 0.286 e. The Labute approximate surface area is 171 Å². The molecule has 0 saturated heterocycles. The molecule has 1 N–H and O–H groups in total. The van der Waals surface area contributed by atoms with Gasteiger partial charge in [-0.25, -0.2) is 0 Å². The van der Waals surface area contributed by atoms with Crippen LogP contribution in [-0.2, 0) is 16.6 Å². The molecule has 0 atom stereocenters. The number of nitrogens with zero attached hydrogens (tertiary/aromatic N) is 2. The Morgan fingerprint density at radius 1 is 1.21 bits per heavy atom. The maximum absolute atomic E-state index is 12.6. The zero-order valence-corrected chi connectivity index (χ0v) is 17.8. The van der Waals surface area contributed by atoms with Crippen molar-refractivity contribution in [2.75, 3.05) is 18.6 Å². The van der Waals surface area contributed by atoms with E-state index in [9.17, 15) is 13.2 Å². The van der Waals surface area contributed by atoms with Crippen molar-refractivity contribution in [2.24, 2.45) is 10.3 Å². The summed E-state index contributed by atoms with van der Waals surface area (Å²) in [6.07, 6.45) is 0. The van der Waals surface area contributed by atoms with Gasteiger partial charge in [0.05, 0.1) is 12.8 Å². The van der Waals surface area contributed by atoms with Crippen LogP contribution >= 0.6 is 0 Å². The number of benzene rings is 2. The van der Waals surface area contributed by atoms with Gasteiger partial charge < -0.3 is 15.0 Å². The van der Waals surface area contributed by atoms with Crippen LogP contribution in [0.25, 0.3) is 0 Å². The molecular weight excluding hydrogens is 390 g/mol. The number of sulfonamides is 1. The fraction of sp³-hybridized carbons (Fsp3) is 0.333. The van der Waals surface area contributed by atoms with E-state index < -0.39 is 10.0 Å². The van der Waals surface area contributed by atoms with Crippen LogP contribution in [0.4, 0.5) is 5.69 Å². The number of para-hydroxylation sites is 1. The van der Waals surface area contributed by atoms with Crippen molar-refractivity contribution in [1.29, 1.82) is 0 Å². The highest BCUT2D eigenvalue weighted by Gasteiger charge is 2.30. The first-order valence-corrected chi connectivity index (χ1v) is 10.8. The van der Waals surface area contributed by atoms with E-state index in [0.29, 0.717) is 29.7 Å². The number of methoxy groups -OCH3 is 1. The van der Waals surface area contributed by atoms with Gasteiger partial charge in [0.2, 0.25) is 0 Å². The standard InChI is InChI=1S/C21H25N3O4S/c1-14(2)13-24-15(3)23-29(26,27)20-11-16(9-10-18(20)24)21(25)22-12-17-7-5-6-8-19(17)28-4/h5-11,14H,12-13H2,1-4H3,(H,22,25). The number of carbonyl (C=O) groups excluding carboxylic acids is 1. The minimum absolute atomic E-state index is 0.0497. The summed E-state index contributed by atoms with van der Waals surface area (Å²) in [6.45, 7) is 6.68. The second kappa shape index (κ2) is 8.24. The molecule has 2 aromatic rings. The van der Waals surface area contributed by atoms with Gasteiger partial charge in [-0.05, 0) is 37.1 Å². The van der Waals surface area contributed by atoms with Gasteiger partial charge in [-0.3, -0.25) is 4.79 Å². The molecule has 8 heteroatoms. The minimum atomic E-state index is -3.85. The third-order valence-electron chi connectivity index (χ3n) is 4.61. The van der Waals surface area contributed by atoms with Gasteiger partial charge in [0.25, 0.3) is 15.9 Å². The predicted molar refractivity (Wildman–Crippen MR) is 113 cm³/mol. The summed E-state index contributed by atoms with van der Waals surface area (Å²) in [5, 5.41) is 2.81. The van der Waals surface area contributed by atoms with E-state index in [1.54, 1.807) is 26.2 Å². The Morgan fingerprint density at radius 3 is 2.62 bits per heavy atom. The molecule has 0 saturated carbocycles. The van der Waals surface area contributed by atoms with E-state index in [4.69, 9.17) is 4.74 Å². The molecule has 3 rings (SSSR count). The average molecular weight is 416 g/mol. The first kappa shape index (κ1) is 20.9. The molecule has 154 valence electrons. The molecule has 0 unspecified atom stereocenters. The molecule has 2 aromatic carbocycles. The third-order valence-corrected chi connectivity index (χ3v) is 6.00. The summed E-state index contributed by atoms with van der Waals surface area (Å²) in [5.74, 6) is 1.06. The summed E-state index contributed by atoms with van der Waals surface area (Å²) >= 11 is 0. The van der Waals surface area contributed by atoms with E-state index in [2.05, 4.69) is 23.6 Å². The lowest BCUT2D eigenvalue weighted by molar-refractivity contribution is 0.0950. The van der Waals surface area contributed by atoms with Crippen LogP contribution in [0.5, 0.6) is 5.75 Å². The van der Waals surface area contributed by atoms with Gasteiger partial charge in [-0.15, -0.1) is 4.40 Å². The van der Waals surface area contributed by atoms with Crippen LogP contribution in [0, 0.1) is 5.92 Å². The first-order valence-electron chi connectivity index (χ1n) is 9.36.